The third-order valence-electron chi connectivity index (χ3n) is 3.99. The van der Waals surface area contributed by atoms with Crippen molar-refractivity contribution >= 4 is 32.5 Å². The fraction of sp³-hybridized carbons (Fsp3) is 0.600. The summed E-state index contributed by atoms with van der Waals surface area (Å²) in [5, 5.41) is 3.30. The number of hydrogen-bond donors (Lipinski definition) is 3. The van der Waals surface area contributed by atoms with E-state index < -0.39 is 20.0 Å². The maximum absolute atomic E-state index is 12.0. The van der Waals surface area contributed by atoms with Crippen molar-refractivity contribution < 1.29 is 16.8 Å². The monoisotopic (exact) mass is 411 g/mol. The van der Waals surface area contributed by atoms with Crippen LogP contribution in [0, 0.1) is 5.92 Å². The van der Waals surface area contributed by atoms with Crippen molar-refractivity contribution in [1.29, 1.82) is 0 Å². The summed E-state index contributed by atoms with van der Waals surface area (Å²) in [6.45, 7) is 2.19. The molecule has 0 aromatic heterocycles. The molecule has 1 aliphatic rings. The fourth-order valence-corrected chi connectivity index (χ4v) is 4.78. The van der Waals surface area contributed by atoms with Crippen molar-refractivity contribution in [3.63, 3.8) is 0 Å². The van der Waals surface area contributed by atoms with Gasteiger partial charge in [0.15, 0.2) is 0 Å². The van der Waals surface area contributed by atoms with Crippen LogP contribution in [0.4, 0.5) is 0 Å². The molecule has 1 aliphatic heterocycles. The lowest BCUT2D eigenvalue weighted by molar-refractivity contribution is 0.358. The number of piperidine rings is 1. The lowest BCUT2D eigenvalue weighted by Gasteiger charge is -2.22. The molecule has 1 fully saturated rings. The van der Waals surface area contributed by atoms with Crippen molar-refractivity contribution in [2.24, 2.45) is 5.92 Å². The Morgan fingerprint density at radius 1 is 1.04 bits per heavy atom. The minimum absolute atomic E-state index is 0. The molecule has 10 heteroatoms. The topological polar surface area (TPSA) is 104 Å². The second-order valence-electron chi connectivity index (χ2n) is 5.93. The van der Waals surface area contributed by atoms with Gasteiger partial charge in [0.05, 0.1) is 10.6 Å². The van der Waals surface area contributed by atoms with Crippen molar-refractivity contribution in [1.82, 2.24) is 14.8 Å². The molecule has 2 rings (SSSR count). The molecular weight excluding hydrogens is 386 g/mol. The smallest absolute Gasteiger partial charge is 0.240 e. The molecule has 7 nitrogen and oxygen atoms in total. The van der Waals surface area contributed by atoms with E-state index in [1.165, 1.54) is 12.1 Å². The molecule has 25 heavy (non-hydrogen) atoms. The molecule has 1 heterocycles. The molecule has 1 saturated heterocycles. The fourth-order valence-electron chi connectivity index (χ4n) is 2.65. The molecule has 1 atom stereocenters. The van der Waals surface area contributed by atoms with Crippen LogP contribution in [-0.4, -0.2) is 48.8 Å². The third-order valence-corrected chi connectivity index (χ3v) is 6.85. The largest absolute Gasteiger partial charge is 0.316 e. The van der Waals surface area contributed by atoms with E-state index in [4.69, 9.17) is 0 Å². The quantitative estimate of drug-likeness (QED) is 0.554. The summed E-state index contributed by atoms with van der Waals surface area (Å²) in [5.74, 6) is 0.222. The van der Waals surface area contributed by atoms with E-state index in [1.54, 1.807) is 18.2 Å². The van der Waals surface area contributed by atoms with E-state index in [0.29, 0.717) is 12.5 Å². The molecule has 0 bridgehead atoms. The Balaban J connectivity index is 0.00000312. The summed E-state index contributed by atoms with van der Waals surface area (Å²) >= 11 is 0. The van der Waals surface area contributed by atoms with E-state index in [1.807, 2.05) is 0 Å². The normalized spacial score (nSPS) is 18.5. The number of sulfonamides is 2. The number of benzene rings is 1. The van der Waals surface area contributed by atoms with Gasteiger partial charge in [0.2, 0.25) is 20.0 Å². The van der Waals surface area contributed by atoms with Crippen LogP contribution in [0.5, 0.6) is 0 Å². The van der Waals surface area contributed by atoms with Crippen LogP contribution in [-0.2, 0) is 20.0 Å². The van der Waals surface area contributed by atoms with Gasteiger partial charge in [0, 0.05) is 13.1 Å². The van der Waals surface area contributed by atoms with E-state index in [2.05, 4.69) is 14.8 Å². The first-order chi connectivity index (χ1) is 11.4. The molecule has 0 radical (unpaired) electrons. The van der Waals surface area contributed by atoms with Gasteiger partial charge in [-0.2, -0.15) is 0 Å². The summed E-state index contributed by atoms with van der Waals surface area (Å²) in [5.41, 5.74) is 0. The highest BCUT2D eigenvalue weighted by molar-refractivity contribution is 7.90. The van der Waals surface area contributed by atoms with Crippen LogP contribution in [0.25, 0.3) is 0 Å². The first-order valence-corrected chi connectivity index (χ1v) is 11.3. The summed E-state index contributed by atoms with van der Waals surface area (Å²) in [6.07, 6.45) is 3.03. The summed E-state index contributed by atoms with van der Waals surface area (Å²) in [7, 11) is -7.16. The maximum atomic E-state index is 12.0. The van der Waals surface area contributed by atoms with Gasteiger partial charge in [0.1, 0.15) is 0 Å². The van der Waals surface area contributed by atoms with Gasteiger partial charge < -0.3 is 5.32 Å². The molecule has 0 spiro atoms. The van der Waals surface area contributed by atoms with Gasteiger partial charge in [-0.15, -0.1) is 12.4 Å². The Kier molecular flexibility index (Phi) is 9.33. The number of hydrogen-bond acceptors (Lipinski definition) is 5. The molecule has 0 saturated carbocycles. The molecule has 0 aliphatic carbocycles. The van der Waals surface area contributed by atoms with Gasteiger partial charge in [-0.05, 0) is 50.4 Å². The Bertz CT molecular complexity index is 706. The third kappa shape index (κ3) is 8.02. The highest BCUT2D eigenvalue weighted by Crippen LogP contribution is 2.13. The lowest BCUT2D eigenvalue weighted by atomic mass is 9.96. The van der Waals surface area contributed by atoms with Crippen LogP contribution in [0.15, 0.2) is 35.2 Å². The van der Waals surface area contributed by atoms with Crippen LogP contribution >= 0.6 is 12.4 Å². The molecule has 1 aromatic carbocycles. The maximum Gasteiger partial charge on any atom is 0.240 e. The highest BCUT2D eigenvalue weighted by Gasteiger charge is 2.17. The molecule has 1 unspecified atom stereocenters. The molecule has 1 aromatic rings. The molecular formula is C15H26ClN3O4S2. The zero-order chi connectivity index (χ0) is 17.5. The van der Waals surface area contributed by atoms with Gasteiger partial charge in [-0.3, -0.25) is 0 Å². The van der Waals surface area contributed by atoms with Crippen molar-refractivity contribution in [3.05, 3.63) is 30.3 Å². The van der Waals surface area contributed by atoms with Crippen LogP contribution in [0.2, 0.25) is 0 Å². The van der Waals surface area contributed by atoms with Crippen LogP contribution in [0.1, 0.15) is 19.3 Å². The zero-order valence-electron chi connectivity index (χ0n) is 14.0. The summed E-state index contributed by atoms with van der Waals surface area (Å²) in [4.78, 5) is 0.125. The predicted molar refractivity (Wildman–Crippen MR) is 101 cm³/mol. The van der Waals surface area contributed by atoms with Crippen molar-refractivity contribution in [2.45, 2.75) is 24.2 Å². The van der Waals surface area contributed by atoms with E-state index in [-0.39, 0.29) is 29.6 Å². The van der Waals surface area contributed by atoms with Crippen molar-refractivity contribution in [2.75, 3.05) is 31.9 Å². The lowest BCUT2D eigenvalue weighted by Crippen LogP contribution is -2.36. The molecule has 3 N–H and O–H groups in total. The predicted octanol–water partition coefficient (Wildman–Crippen LogP) is 0.696. The van der Waals surface area contributed by atoms with E-state index >= 15 is 0 Å². The SMILES string of the molecule is Cl.O=S(=O)(CCNS(=O)(=O)c1ccccc1)NCCC1CCCNC1. The van der Waals surface area contributed by atoms with E-state index in [0.717, 1.165) is 32.4 Å². The standard InChI is InChI=1S/C15H25N3O4S2.ClH/c19-23(20,17-10-8-14-5-4-9-16-13-14)12-11-18-24(21,22)15-6-2-1-3-7-15;/h1-3,6-7,14,16-18H,4-5,8-13H2;1H. The van der Waals surface area contributed by atoms with Crippen LogP contribution in [0.3, 0.4) is 0 Å². The van der Waals surface area contributed by atoms with Crippen molar-refractivity contribution in [3.8, 4) is 0 Å². The Morgan fingerprint density at radius 3 is 2.40 bits per heavy atom. The Morgan fingerprint density at radius 2 is 1.76 bits per heavy atom. The second kappa shape index (κ2) is 10.4. The first kappa shape index (κ1) is 22.3. The minimum atomic E-state index is -3.67. The van der Waals surface area contributed by atoms with Gasteiger partial charge in [0.25, 0.3) is 0 Å². The average molecular weight is 412 g/mol. The number of halogens is 1. The second-order valence-corrected chi connectivity index (χ2v) is 9.62. The van der Waals surface area contributed by atoms with Gasteiger partial charge in [-0.1, -0.05) is 18.2 Å². The Hall–Kier alpha value is -0.710. The molecule has 0 amide bonds. The van der Waals surface area contributed by atoms with E-state index in [9.17, 15) is 16.8 Å². The van der Waals surface area contributed by atoms with Gasteiger partial charge in [-0.25, -0.2) is 26.3 Å². The highest BCUT2D eigenvalue weighted by atomic mass is 35.5. The first-order valence-electron chi connectivity index (χ1n) is 8.12. The Labute approximate surface area is 156 Å². The minimum Gasteiger partial charge on any atom is -0.316 e. The number of rotatable bonds is 9. The summed E-state index contributed by atoms with van der Waals surface area (Å²) in [6, 6.07) is 7.88. The summed E-state index contributed by atoms with van der Waals surface area (Å²) < 4.78 is 52.7. The average Bonchev–Trinajstić information content (AvgIpc) is 2.56. The van der Waals surface area contributed by atoms with Crippen LogP contribution < -0.4 is 14.8 Å². The van der Waals surface area contributed by atoms with Gasteiger partial charge >= 0.3 is 0 Å². The zero-order valence-corrected chi connectivity index (χ0v) is 16.4. The molecule has 144 valence electrons. The number of nitrogens with one attached hydrogen (secondary N) is 3.